The average molecular weight is 271 g/mol. The summed E-state index contributed by atoms with van der Waals surface area (Å²) in [5.74, 6) is -1.24. The van der Waals surface area contributed by atoms with Gasteiger partial charge in [-0.1, -0.05) is 0 Å². The highest BCUT2D eigenvalue weighted by Crippen LogP contribution is 2.20. The number of nitrogens with zero attached hydrogens (tertiary/aromatic N) is 2. The van der Waals surface area contributed by atoms with E-state index in [1.165, 1.54) is 9.80 Å². The SMILES string of the molecule is O=C1CCN(C(=O)N2C[C@H](O)C[C@H]2C(=O)O)CCN1. The number of aliphatic hydroxyl groups is 1. The molecular formula is C11H17N3O5. The van der Waals surface area contributed by atoms with Gasteiger partial charge in [0.05, 0.1) is 6.10 Å². The van der Waals surface area contributed by atoms with Crippen molar-refractivity contribution < 1.29 is 24.6 Å². The molecule has 0 aromatic rings. The molecule has 0 saturated carbocycles. The molecule has 19 heavy (non-hydrogen) atoms. The number of carboxylic acids is 1. The van der Waals surface area contributed by atoms with Crippen molar-refractivity contribution in [1.29, 1.82) is 0 Å². The lowest BCUT2D eigenvalue weighted by molar-refractivity contribution is -0.141. The van der Waals surface area contributed by atoms with Gasteiger partial charge in [0.15, 0.2) is 0 Å². The van der Waals surface area contributed by atoms with Gasteiger partial charge < -0.3 is 25.3 Å². The highest BCUT2D eigenvalue weighted by molar-refractivity contribution is 5.84. The molecule has 2 aliphatic heterocycles. The first-order valence-corrected chi connectivity index (χ1v) is 6.22. The van der Waals surface area contributed by atoms with Crippen molar-refractivity contribution in [2.24, 2.45) is 0 Å². The lowest BCUT2D eigenvalue weighted by Crippen LogP contribution is -2.49. The normalized spacial score (nSPS) is 27.9. The Hall–Kier alpha value is -1.83. The second kappa shape index (κ2) is 5.43. The van der Waals surface area contributed by atoms with Gasteiger partial charge in [-0.2, -0.15) is 0 Å². The topological polar surface area (TPSA) is 110 Å². The molecule has 3 N–H and O–H groups in total. The lowest BCUT2D eigenvalue weighted by atomic mass is 10.2. The number of aliphatic carboxylic acids is 1. The molecule has 0 bridgehead atoms. The van der Waals surface area contributed by atoms with Gasteiger partial charge in [-0.05, 0) is 0 Å². The molecule has 2 atom stereocenters. The maximum absolute atomic E-state index is 12.3. The van der Waals surface area contributed by atoms with Crippen LogP contribution in [-0.2, 0) is 9.59 Å². The Kier molecular flexibility index (Phi) is 3.89. The Morgan fingerprint density at radius 3 is 2.74 bits per heavy atom. The molecule has 0 radical (unpaired) electrons. The average Bonchev–Trinajstić information content (AvgIpc) is 2.61. The molecule has 2 rings (SSSR count). The molecule has 8 nitrogen and oxygen atoms in total. The van der Waals surface area contributed by atoms with Crippen molar-refractivity contribution in [2.75, 3.05) is 26.2 Å². The van der Waals surface area contributed by atoms with Gasteiger partial charge in [0.25, 0.3) is 0 Å². The van der Waals surface area contributed by atoms with E-state index < -0.39 is 24.1 Å². The van der Waals surface area contributed by atoms with Gasteiger partial charge in [0, 0.05) is 39.0 Å². The van der Waals surface area contributed by atoms with Crippen molar-refractivity contribution in [3.05, 3.63) is 0 Å². The van der Waals surface area contributed by atoms with Crippen molar-refractivity contribution in [3.8, 4) is 0 Å². The molecule has 8 heteroatoms. The van der Waals surface area contributed by atoms with E-state index in [9.17, 15) is 19.5 Å². The molecular weight excluding hydrogens is 254 g/mol. The van der Waals surface area contributed by atoms with E-state index in [1.54, 1.807) is 0 Å². The van der Waals surface area contributed by atoms with Crippen molar-refractivity contribution in [1.82, 2.24) is 15.1 Å². The van der Waals surface area contributed by atoms with Crippen LogP contribution in [0.3, 0.4) is 0 Å². The third kappa shape index (κ3) is 2.95. The van der Waals surface area contributed by atoms with E-state index in [0.29, 0.717) is 13.1 Å². The highest BCUT2D eigenvalue weighted by Gasteiger charge is 2.40. The third-order valence-electron chi connectivity index (χ3n) is 3.39. The summed E-state index contributed by atoms with van der Waals surface area (Å²) in [6.45, 7) is 0.999. The van der Waals surface area contributed by atoms with E-state index >= 15 is 0 Å². The van der Waals surface area contributed by atoms with Crippen LogP contribution in [0.1, 0.15) is 12.8 Å². The fraction of sp³-hybridized carbons (Fsp3) is 0.727. The minimum Gasteiger partial charge on any atom is -0.480 e. The maximum atomic E-state index is 12.3. The number of rotatable bonds is 1. The van der Waals surface area contributed by atoms with Crippen LogP contribution < -0.4 is 5.32 Å². The number of likely N-dealkylation sites (tertiary alicyclic amines) is 1. The largest absolute Gasteiger partial charge is 0.480 e. The zero-order valence-electron chi connectivity index (χ0n) is 10.4. The Morgan fingerprint density at radius 1 is 1.32 bits per heavy atom. The molecule has 3 amide bonds. The lowest BCUT2D eigenvalue weighted by Gasteiger charge is -2.28. The summed E-state index contributed by atoms with van der Waals surface area (Å²) in [4.78, 5) is 37.2. The zero-order valence-corrected chi connectivity index (χ0v) is 10.4. The number of hydrogen-bond acceptors (Lipinski definition) is 4. The summed E-state index contributed by atoms with van der Waals surface area (Å²) in [6, 6.07) is -1.42. The third-order valence-corrected chi connectivity index (χ3v) is 3.39. The van der Waals surface area contributed by atoms with Gasteiger partial charge in [-0.15, -0.1) is 0 Å². The first-order valence-electron chi connectivity index (χ1n) is 6.22. The predicted octanol–water partition coefficient (Wildman–Crippen LogP) is -1.55. The Morgan fingerprint density at radius 2 is 2.05 bits per heavy atom. The summed E-state index contributed by atoms with van der Waals surface area (Å²) >= 11 is 0. The first-order chi connectivity index (χ1) is 8.99. The molecule has 0 aromatic carbocycles. The molecule has 2 aliphatic rings. The summed E-state index contributed by atoms with van der Waals surface area (Å²) in [5.41, 5.74) is 0. The maximum Gasteiger partial charge on any atom is 0.326 e. The number of β-amino-alcohol motifs (C(OH)–C–C–N with tert-alkyl or cyclic N) is 1. The molecule has 2 saturated heterocycles. The monoisotopic (exact) mass is 271 g/mol. The van der Waals surface area contributed by atoms with Crippen LogP contribution in [0.25, 0.3) is 0 Å². The van der Waals surface area contributed by atoms with Crippen LogP contribution in [-0.4, -0.2) is 76.2 Å². The van der Waals surface area contributed by atoms with E-state index in [-0.39, 0.29) is 31.8 Å². The van der Waals surface area contributed by atoms with Crippen LogP contribution in [0.15, 0.2) is 0 Å². The van der Waals surface area contributed by atoms with Crippen LogP contribution in [0.4, 0.5) is 4.79 Å². The standard InChI is InChI=1S/C11H17N3O5/c15-7-5-8(10(17)18)14(6-7)11(19)13-3-1-9(16)12-2-4-13/h7-8,15H,1-6H2,(H,12,16)(H,17,18)/t7-,8+/m1/s1. The number of nitrogens with one attached hydrogen (secondary N) is 1. The fourth-order valence-corrected chi connectivity index (χ4v) is 2.40. The fourth-order valence-electron chi connectivity index (χ4n) is 2.40. The highest BCUT2D eigenvalue weighted by atomic mass is 16.4. The number of carbonyl (C=O) groups excluding carboxylic acids is 2. The van der Waals surface area contributed by atoms with E-state index in [0.717, 1.165) is 0 Å². The van der Waals surface area contributed by atoms with E-state index in [4.69, 9.17) is 5.11 Å². The number of urea groups is 1. The second-order valence-electron chi connectivity index (χ2n) is 4.77. The summed E-state index contributed by atoms with van der Waals surface area (Å²) in [6.07, 6.45) is -0.553. The van der Waals surface area contributed by atoms with Crippen LogP contribution >= 0.6 is 0 Å². The van der Waals surface area contributed by atoms with Crippen molar-refractivity contribution >= 4 is 17.9 Å². The molecule has 106 valence electrons. The van der Waals surface area contributed by atoms with Gasteiger partial charge in [0.1, 0.15) is 6.04 Å². The minimum atomic E-state index is -1.12. The number of carbonyl (C=O) groups is 3. The zero-order chi connectivity index (χ0) is 14.0. The molecule has 2 heterocycles. The number of carboxylic acid groups (broad SMARTS) is 1. The first kappa shape index (κ1) is 13.6. The molecule has 2 fully saturated rings. The van der Waals surface area contributed by atoms with Crippen molar-refractivity contribution in [2.45, 2.75) is 25.0 Å². The smallest absolute Gasteiger partial charge is 0.326 e. The molecule has 0 aromatic heterocycles. The summed E-state index contributed by atoms with van der Waals surface area (Å²) in [5, 5.41) is 21.2. The second-order valence-corrected chi connectivity index (χ2v) is 4.77. The van der Waals surface area contributed by atoms with E-state index in [2.05, 4.69) is 5.32 Å². The van der Waals surface area contributed by atoms with Gasteiger partial charge in [0.2, 0.25) is 5.91 Å². The van der Waals surface area contributed by atoms with E-state index in [1.807, 2.05) is 0 Å². The molecule has 0 unspecified atom stereocenters. The molecule has 0 aliphatic carbocycles. The Bertz CT molecular complexity index is 400. The number of aliphatic hydroxyl groups excluding tert-OH is 1. The Balaban J connectivity index is 2.05. The number of amides is 3. The van der Waals surface area contributed by atoms with Gasteiger partial charge >= 0.3 is 12.0 Å². The quantitative estimate of drug-likeness (QED) is 0.534. The summed E-state index contributed by atoms with van der Waals surface area (Å²) < 4.78 is 0. The van der Waals surface area contributed by atoms with Crippen LogP contribution in [0, 0.1) is 0 Å². The van der Waals surface area contributed by atoms with Crippen LogP contribution in [0.5, 0.6) is 0 Å². The number of hydrogen-bond donors (Lipinski definition) is 3. The van der Waals surface area contributed by atoms with Crippen LogP contribution in [0.2, 0.25) is 0 Å². The Labute approximate surface area is 110 Å². The minimum absolute atomic E-state index is 0.0215. The van der Waals surface area contributed by atoms with Gasteiger partial charge in [-0.3, -0.25) is 4.79 Å². The van der Waals surface area contributed by atoms with Crippen molar-refractivity contribution in [3.63, 3.8) is 0 Å². The summed E-state index contributed by atoms with van der Waals surface area (Å²) in [7, 11) is 0. The predicted molar refractivity (Wildman–Crippen MR) is 63.3 cm³/mol. The molecule has 0 spiro atoms. The van der Waals surface area contributed by atoms with Gasteiger partial charge in [-0.25, -0.2) is 9.59 Å².